The Balaban J connectivity index is 2.14. The molecule has 0 saturated heterocycles. The van der Waals surface area contributed by atoms with Gasteiger partial charge in [0.25, 0.3) is 0 Å². The van der Waals surface area contributed by atoms with Crippen LogP contribution in [0.3, 0.4) is 0 Å². The van der Waals surface area contributed by atoms with Crippen molar-refractivity contribution in [3.63, 3.8) is 0 Å². The number of hydrogen-bond donors (Lipinski definition) is 0. The van der Waals surface area contributed by atoms with Crippen molar-refractivity contribution >= 4 is 5.78 Å². The highest BCUT2D eigenvalue weighted by atomic mass is 16.1. The van der Waals surface area contributed by atoms with E-state index in [9.17, 15) is 4.79 Å². The quantitative estimate of drug-likeness (QED) is 0.692. The molecule has 0 atom stereocenters. The van der Waals surface area contributed by atoms with Crippen LogP contribution >= 0.6 is 0 Å². The van der Waals surface area contributed by atoms with Crippen molar-refractivity contribution in [3.05, 3.63) is 34.9 Å². The second kappa shape index (κ2) is 5.03. The van der Waals surface area contributed by atoms with Gasteiger partial charge in [-0.3, -0.25) is 4.79 Å². The molecule has 1 aliphatic carbocycles. The second-order valence-corrected chi connectivity index (χ2v) is 5.64. The number of benzene rings is 1. The van der Waals surface area contributed by atoms with Gasteiger partial charge in [-0.15, -0.1) is 0 Å². The van der Waals surface area contributed by atoms with Gasteiger partial charge in [-0.2, -0.15) is 0 Å². The lowest BCUT2D eigenvalue weighted by molar-refractivity contribution is 0.0875. The zero-order valence-electron chi connectivity index (χ0n) is 11.1. The molecule has 17 heavy (non-hydrogen) atoms. The topological polar surface area (TPSA) is 17.1 Å². The van der Waals surface area contributed by atoms with Crippen LogP contribution in [0, 0.1) is 25.7 Å². The fraction of sp³-hybridized carbons (Fsp3) is 0.562. The van der Waals surface area contributed by atoms with Crippen LogP contribution in [0.4, 0.5) is 0 Å². The average molecular weight is 230 g/mol. The Kier molecular flexibility index (Phi) is 3.66. The minimum atomic E-state index is 0.271. The van der Waals surface area contributed by atoms with E-state index >= 15 is 0 Å². The molecule has 1 nitrogen and oxygen atoms in total. The summed E-state index contributed by atoms with van der Waals surface area (Å²) in [5.41, 5.74) is 3.31. The molecule has 0 aromatic heterocycles. The van der Waals surface area contributed by atoms with E-state index in [1.165, 1.54) is 18.4 Å². The largest absolute Gasteiger partial charge is 0.294 e. The van der Waals surface area contributed by atoms with Gasteiger partial charge < -0.3 is 0 Å². The van der Waals surface area contributed by atoms with E-state index < -0.39 is 0 Å². The van der Waals surface area contributed by atoms with Crippen molar-refractivity contribution in [1.29, 1.82) is 0 Å². The summed E-state index contributed by atoms with van der Waals surface area (Å²) < 4.78 is 0. The fourth-order valence-electron chi connectivity index (χ4n) is 2.83. The maximum Gasteiger partial charge on any atom is 0.166 e. The smallest absolute Gasteiger partial charge is 0.166 e. The van der Waals surface area contributed by atoms with Crippen LogP contribution < -0.4 is 0 Å². The zero-order chi connectivity index (χ0) is 12.4. The minimum Gasteiger partial charge on any atom is -0.294 e. The van der Waals surface area contributed by atoms with Gasteiger partial charge in [0.2, 0.25) is 0 Å². The molecule has 0 amide bonds. The van der Waals surface area contributed by atoms with Crippen molar-refractivity contribution in [2.45, 2.75) is 46.5 Å². The molecular formula is C16H22O. The van der Waals surface area contributed by atoms with Crippen molar-refractivity contribution in [3.8, 4) is 0 Å². The maximum atomic E-state index is 12.4. The molecule has 0 heterocycles. The van der Waals surface area contributed by atoms with Gasteiger partial charge in [0.05, 0.1) is 0 Å². The highest BCUT2D eigenvalue weighted by Gasteiger charge is 2.25. The predicted octanol–water partition coefficient (Wildman–Crippen LogP) is 4.31. The van der Waals surface area contributed by atoms with Gasteiger partial charge in [-0.05, 0) is 38.2 Å². The highest BCUT2D eigenvalue weighted by Crippen LogP contribution is 2.31. The molecule has 1 heteroatoms. The lowest BCUT2D eigenvalue weighted by Gasteiger charge is -2.25. The third kappa shape index (κ3) is 2.77. The van der Waals surface area contributed by atoms with Crippen LogP contribution in [0.15, 0.2) is 18.2 Å². The van der Waals surface area contributed by atoms with Gasteiger partial charge in [0, 0.05) is 11.5 Å². The lowest BCUT2D eigenvalue weighted by Crippen LogP contribution is -2.21. The highest BCUT2D eigenvalue weighted by molar-refractivity contribution is 5.99. The first-order valence-electron chi connectivity index (χ1n) is 6.69. The summed E-state index contributed by atoms with van der Waals surface area (Å²) in [6, 6.07) is 6.16. The molecule has 0 spiro atoms. The summed E-state index contributed by atoms with van der Waals surface area (Å²) in [7, 11) is 0. The summed E-state index contributed by atoms with van der Waals surface area (Å²) in [5, 5.41) is 0. The van der Waals surface area contributed by atoms with Crippen LogP contribution in [-0.2, 0) is 0 Å². The lowest BCUT2D eigenvalue weighted by atomic mass is 9.79. The van der Waals surface area contributed by atoms with Crippen LogP contribution in [0.2, 0.25) is 0 Å². The average Bonchev–Trinajstić information content (AvgIpc) is 2.29. The molecule has 0 aliphatic heterocycles. The predicted molar refractivity (Wildman–Crippen MR) is 71.4 cm³/mol. The molecule has 2 rings (SSSR count). The molecule has 0 bridgehead atoms. The van der Waals surface area contributed by atoms with Gasteiger partial charge >= 0.3 is 0 Å². The first-order chi connectivity index (χ1) is 8.08. The number of hydrogen-bond acceptors (Lipinski definition) is 1. The first kappa shape index (κ1) is 12.3. The Morgan fingerprint density at radius 1 is 1.12 bits per heavy atom. The van der Waals surface area contributed by atoms with Crippen molar-refractivity contribution in [2.24, 2.45) is 11.8 Å². The van der Waals surface area contributed by atoms with Crippen LogP contribution in [-0.4, -0.2) is 5.78 Å². The normalized spacial score (nSPS) is 24.6. The maximum absolute atomic E-state index is 12.4. The monoisotopic (exact) mass is 230 g/mol. The third-order valence-corrected chi connectivity index (χ3v) is 4.03. The Morgan fingerprint density at radius 2 is 1.76 bits per heavy atom. The molecule has 92 valence electrons. The van der Waals surface area contributed by atoms with Gasteiger partial charge in [-0.25, -0.2) is 0 Å². The Labute approximate surface area is 104 Å². The van der Waals surface area contributed by atoms with Crippen LogP contribution in [0.25, 0.3) is 0 Å². The van der Waals surface area contributed by atoms with Gasteiger partial charge in [0.15, 0.2) is 5.78 Å². The van der Waals surface area contributed by atoms with E-state index in [-0.39, 0.29) is 5.92 Å². The van der Waals surface area contributed by atoms with Crippen molar-refractivity contribution < 1.29 is 4.79 Å². The number of ketones is 1. The third-order valence-electron chi connectivity index (χ3n) is 4.03. The first-order valence-corrected chi connectivity index (χ1v) is 6.69. The number of aryl methyl sites for hydroxylation is 2. The number of rotatable bonds is 2. The summed E-state index contributed by atoms with van der Waals surface area (Å²) in [6.07, 6.45) is 4.57. The summed E-state index contributed by atoms with van der Waals surface area (Å²) in [5.74, 6) is 1.44. The molecule has 1 fully saturated rings. The van der Waals surface area contributed by atoms with E-state index in [1.54, 1.807) is 0 Å². The van der Waals surface area contributed by atoms with E-state index in [0.29, 0.717) is 5.78 Å². The fourth-order valence-corrected chi connectivity index (χ4v) is 2.83. The van der Waals surface area contributed by atoms with Crippen LogP contribution in [0.1, 0.15) is 54.1 Å². The molecule has 1 aromatic carbocycles. The molecule has 1 aliphatic rings. The minimum absolute atomic E-state index is 0.271. The Hall–Kier alpha value is -1.11. The second-order valence-electron chi connectivity index (χ2n) is 5.64. The van der Waals surface area contributed by atoms with E-state index in [4.69, 9.17) is 0 Å². The van der Waals surface area contributed by atoms with E-state index in [0.717, 1.165) is 29.9 Å². The van der Waals surface area contributed by atoms with E-state index in [1.807, 2.05) is 19.1 Å². The van der Waals surface area contributed by atoms with E-state index in [2.05, 4.69) is 19.9 Å². The number of Topliss-reactive ketones (excluding diaryl/α,β-unsaturated/α-hetero) is 1. The van der Waals surface area contributed by atoms with Crippen molar-refractivity contribution in [1.82, 2.24) is 0 Å². The standard InChI is InChI=1S/C16H22O/c1-11-4-7-14(8-5-11)16(17)15-9-6-12(2)10-13(15)3/h6,9-11,14H,4-5,7-8H2,1-3H3. The Morgan fingerprint density at radius 3 is 2.35 bits per heavy atom. The van der Waals surface area contributed by atoms with Crippen LogP contribution in [0.5, 0.6) is 0 Å². The summed E-state index contributed by atoms with van der Waals surface area (Å²) >= 11 is 0. The van der Waals surface area contributed by atoms with Gasteiger partial charge in [0.1, 0.15) is 0 Å². The molecule has 1 saturated carbocycles. The molecule has 0 unspecified atom stereocenters. The summed E-state index contributed by atoms with van der Waals surface area (Å²) in [4.78, 5) is 12.4. The molecule has 1 aromatic rings. The zero-order valence-corrected chi connectivity index (χ0v) is 11.1. The van der Waals surface area contributed by atoms with Gasteiger partial charge in [-0.1, -0.05) is 43.5 Å². The van der Waals surface area contributed by atoms with Crippen molar-refractivity contribution in [2.75, 3.05) is 0 Å². The SMILES string of the molecule is Cc1ccc(C(=O)C2CCC(C)CC2)c(C)c1. The number of carbonyl (C=O) groups excluding carboxylic acids is 1. The number of carbonyl (C=O) groups is 1. The molecular weight excluding hydrogens is 208 g/mol. The molecule has 0 radical (unpaired) electrons. The Bertz CT molecular complexity index is 412. The molecule has 0 N–H and O–H groups in total. The summed E-state index contributed by atoms with van der Waals surface area (Å²) in [6.45, 7) is 6.41.